The quantitative estimate of drug-likeness (QED) is 0.635. The van der Waals surface area contributed by atoms with E-state index in [9.17, 15) is 14.4 Å². The van der Waals surface area contributed by atoms with Crippen molar-refractivity contribution in [2.24, 2.45) is 0 Å². The molecule has 0 fully saturated rings. The summed E-state index contributed by atoms with van der Waals surface area (Å²) in [6.45, 7) is 7.90. The van der Waals surface area contributed by atoms with Crippen molar-refractivity contribution in [2.45, 2.75) is 46.4 Å². The van der Waals surface area contributed by atoms with E-state index in [1.807, 2.05) is 45.9 Å². The van der Waals surface area contributed by atoms with Crippen LogP contribution in [-0.2, 0) is 22.6 Å². The fourth-order valence-corrected chi connectivity index (χ4v) is 3.23. The second kappa shape index (κ2) is 9.64. The van der Waals surface area contributed by atoms with E-state index in [1.54, 1.807) is 35.2 Å². The van der Waals surface area contributed by atoms with Crippen LogP contribution in [0.25, 0.3) is 11.0 Å². The van der Waals surface area contributed by atoms with Crippen molar-refractivity contribution in [3.63, 3.8) is 0 Å². The number of ether oxygens (including phenoxy) is 1. The second-order valence-electron chi connectivity index (χ2n) is 8.37. The lowest BCUT2D eigenvalue weighted by Crippen LogP contribution is -2.36. The highest BCUT2D eigenvalue weighted by molar-refractivity contribution is 5.92. The second-order valence-corrected chi connectivity index (χ2v) is 8.37. The Morgan fingerprint density at radius 2 is 1.78 bits per heavy atom. The monoisotopic (exact) mass is 436 g/mol. The SMILES string of the molecule is CCN(Cc1ccccc1NC(=O)Cn1c(=O)cnc2ccccc21)C(=O)OC(C)(C)C. The molecular weight excluding hydrogens is 408 g/mol. The molecule has 0 spiro atoms. The summed E-state index contributed by atoms with van der Waals surface area (Å²) in [4.78, 5) is 43.3. The predicted molar refractivity (Wildman–Crippen MR) is 123 cm³/mol. The molecule has 0 aliphatic rings. The van der Waals surface area contributed by atoms with E-state index in [1.165, 1.54) is 10.8 Å². The zero-order chi connectivity index (χ0) is 23.3. The van der Waals surface area contributed by atoms with Gasteiger partial charge in [0.05, 0.1) is 23.8 Å². The third-order valence-electron chi connectivity index (χ3n) is 4.74. The first-order valence-electron chi connectivity index (χ1n) is 10.5. The van der Waals surface area contributed by atoms with Gasteiger partial charge < -0.3 is 15.0 Å². The summed E-state index contributed by atoms with van der Waals surface area (Å²) in [5, 5.41) is 2.87. The molecule has 168 valence electrons. The van der Waals surface area contributed by atoms with Crippen LogP contribution in [0.2, 0.25) is 0 Å². The minimum absolute atomic E-state index is 0.153. The van der Waals surface area contributed by atoms with E-state index < -0.39 is 11.7 Å². The molecular formula is C24H28N4O4. The normalized spacial score (nSPS) is 11.2. The Hall–Kier alpha value is -3.68. The van der Waals surface area contributed by atoms with E-state index in [0.29, 0.717) is 23.3 Å². The largest absolute Gasteiger partial charge is 0.444 e. The molecule has 1 N–H and O–H groups in total. The maximum atomic E-state index is 12.8. The summed E-state index contributed by atoms with van der Waals surface area (Å²) < 4.78 is 6.86. The van der Waals surface area contributed by atoms with Gasteiger partial charge in [-0.05, 0) is 51.5 Å². The number of para-hydroxylation sites is 3. The molecule has 0 unspecified atom stereocenters. The lowest BCUT2D eigenvalue weighted by Gasteiger charge is -2.27. The molecule has 1 aromatic heterocycles. The smallest absolute Gasteiger partial charge is 0.410 e. The Labute approximate surface area is 186 Å². The summed E-state index contributed by atoms with van der Waals surface area (Å²) in [6.07, 6.45) is 0.791. The van der Waals surface area contributed by atoms with Gasteiger partial charge in [-0.25, -0.2) is 9.78 Å². The maximum Gasteiger partial charge on any atom is 0.410 e. The first kappa shape index (κ1) is 23.0. The molecule has 32 heavy (non-hydrogen) atoms. The minimum atomic E-state index is -0.598. The zero-order valence-electron chi connectivity index (χ0n) is 18.8. The molecule has 3 aromatic rings. The number of benzene rings is 2. The van der Waals surface area contributed by atoms with E-state index in [2.05, 4.69) is 10.3 Å². The number of fused-ring (bicyclic) bond motifs is 1. The number of amides is 2. The fourth-order valence-electron chi connectivity index (χ4n) is 3.23. The van der Waals surface area contributed by atoms with Crippen molar-refractivity contribution >= 4 is 28.7 Å². The van der Waals surface area contributed by atoms with Crippen LogP contribution < -0.4 is 10.9 Å². The Kier molecular flexibility index (Phi) is 6.92. The van der Waals surface area contributed by atoms with Crippen LogP contribution in [0.15, 0.2) is 59.5 Å². The first-order valence-corrected chi connectivity index (χ1v) is 10.5. The third-order valence-corrected chi connectivity index (χ3v) is 4.74. The molecule has 8 heteroatoms. The van der Waals surface area contributed by atoms with Gasteiger partial charge >= 0.3 is 6.09 Å². The highest BCUT2D eigenvalue weighted by Gasteiger charge is 2.22. The van der Waals surface area contributed by atoms with Gasteiger partial charge in [0.1, 0.15) is 12.1 Å². The Balaban J connectivity index is 1.78. The average molecular weight is 437 g/mol. The summed E-state index contributed by atoms with van der Waals surface area (Å²) >= 11 is 0. The highest BCUT2D eigenvalue weighted by Crippen LogP contribution is 2.19. The Morgan fingerprint density at radius 3 is 2.50 bits per heavy atom. The van der Waals surface area contributed by atoms with Gasteiger partial charge in [0.2, 0.25) is 5.91 Å². The maximum absolute atomic E-state index is 12.8. The number of aromatic nitrogens is 2. The molecule has 0 bridgehead atoms. The number of carbonyl (C=O) groups is 2. The number of nitrogens with one attached hydrogen (secondary N) is 1. The number of nitrogens with zero attached hydrogens (tertiary/aromatic N) is 3. The van der Waals surface area contributed by atoms with Gasteiger partial charge in [-0.1, -0.05) is 30.3 Å². The topological polar surface area (TPSA) is 93.5 Å². The molecule has 0 aliphatic carbocycles. The van der Waals surface area contributed by atoms with Crippen LogP contribution in [0.4, 0.5) is 10.5 Å². The van der Waals surface area contributed by atoms with Gasteiger partial charge in [-0.2, -0.15) is 0 Å². The van der Waals surface area contributed by atoms with E-state index in [4.69, 9.17) is 4.74 Å². The number of hydrogen-bond acceptors (Lipinski definition) is 5. The van der Waals surface area contributed by atoms with Gasteiger partial charge in [0.25, 0.3) is 5.56 Å². The summed E-state index contributed by atoms with van der Waals surface area (Å²) in [5.41, 5.74) is 1.61. The Bertz CT molecular complexity index is 1180. The molecule has 0 aliphatic heterocycles. The predicted octanol–water partition coefficient (Wildman–Crippen LogP) is 3.79. The first-order chi connectivity index (χ1) is 15.2. The number of anilines is 1. The van der Waals surface area contributed by atoms with E-state index in [-0.39, 0.29) is 24.6 Å². The summed E-state index contributed by atoms with van der Waals surface area (Å²) in [6, 6.07) is 14.4. The van der Waals surface area contributed by atoms with Crippen LogP contribution >= 0.6 is 0 Å². The van der Waals surface area contributed by atoms with Gasteiger partial charge in [-0.3, -0.25) is 14.2 Å². The van der Waals surface area contributed by atoms with Crippen LogP contribution in [0.1, 0.15) is 33.3 Å². The van der Waals surface area contributed by atoms with Gasteiger partial charge in [-0.15, -0.1) is 0 Å². The molecule has 2 aromatic carbocycles. The standard InChI is InChI=1S/C24H28N4O4/c1-5-27(23(31)32-24(2,3)4)15-17-10-6-7-11-18(17)26-21(29)16-28-20-13-9-8-12-19(20)25-14-22(28)30/h6-14H,5,15-16H2,1-4H3,(H,26,29). The van der Waals surface area contributed by atoms with E-state index in [0.717, 1.165) is 5.56 Å². The summed E-state index contributed by atoms with van der Waals surface area (Å²) in [5.74, 6) is -0.351. The lowest BCUT2D eigenvalue weighted by atomic mass is 10.1. The number of carbonyl (C=O) groups excluding carboxylic acids is 2. The summed E-state index contributed by atoms with van der Waals surface area (Å²) in [7, 11) is 0. The third kappa shape index (κ3) is 5.72. The molecule has 0 saturated heterocycles. The van der Waals surface area contributed by atoms with Crippen LogP contribution in [-0.4, -0.2) is 38.6 Å². The van der Waals surface area contributed by atoms with Crippen LogP contribution in [0, 0.1) is 0 Å². The van der Waals surface area contributed by atoms with Crippen molar-refractivity contribution in [3.8, 4) is 0 Å². The van der Waals surface area contributed by atoms with Crippen molar-refractivity contribution in [2.75, 3.05) is 11.9 Å². The molecule has 3 rings (SSSR count). The van der Waals surface area contributed by atoms with Gasteiger partial charge in [0.15, 0.2) is 0 Å². The van der Waals surface area contributed by atoms with Crippen molar-refractivity contribution in [3.05, 3.63) is 70.6 Å². The zero-order valence-corrected chi connectivity index (χ0v) is 18.8. The highest BCUT2D eigenvalue weighted by atomic mass is 16.6. The van der Waals surface area contributed by atoms with Crippen LogP contribution in [0.5, 0.6) is 0 Å². The van der Waals surface area contributed by atoms with Gasteiger partial charge in [0, 0.05) is 12.2 Å². The molecule has 1 heterocycles. The number of rotatable bonds is 6. The van der Waals surface area contributed by atoms with Crippen molar-refractivity contribution in [1.82, 2.24) is 14.5 Å². The molecule has 8 nitrogen and oxygen atoms in total. The minimum Gasteiger partial charge on any atom is -0.444 e. The van der Waals surface area contributed by atoms with Crippen molar-refractivity contribution in [1.29, 1.82) is 0 Å². The Morgan fingerprint density at radius 1 is 1.09 bits per heavy atom. The van der Waals surface area contributed by atoms with Crippen LogP contribution in [0.3, 0.4) is 0 Å². The number of hydrogen-bond donors (Lipinski definition) is 1. The lowest BCUT2D eigenvalue weighted by molar-refractivity contribution is -0.116. The molecule has 2 amide bonds. The molecule has 0 radical (unpaired) electrons. The fraction of sp³-hybridized carbons (Fsp3) is 0.333. The van der Waals surface area contributed by atoms with Crippen molar-refractivity contribution < 1.29 is 14.3 Å². The molecule has 0 saturated carbocycles. The average Bonchev–Trinajstić information content (AvgIpc) is 2.74. The molecule has 0 atom stereocenters. The van der Waals surface area contributed by atoms with E-state index >= 15 is 0 Å².